The number of nitrogen functional groups attached to an aromatic ring is 1. The summed E-state index contributed by atoms with van der Waals surface area (Å²) in [4.78, 5) is 10.8. The average Bonchev–Trinajstić information content (AvgIpc) is 2.68. The van der Waals surface area contributed by atoms with E-state index in [4.69, 9.17) is 10.5 Å². The lowest BCUT2D eigenvalue weighted by atomic mass is 10.3. The van der Waals surface area contributed by atoms with Crippen molar-refractivity contribution in [2.24, 2.45) is 0 Å². The Labute approximate surface area is 103 Å². The van der Waals surface area contributed by atoms with Crippen LogP contribution in [-0.4, -0.2) is 5.97 Å². The van der Waals surface area contributed by atoms with Crippen LogP contribution >= 0.6 is 11.3 Å². The molecule has 5 heteroatoms. The zero-order valence-corrected chi connectivity index (χ0v) is 10.1. The minimum atomic E-state index is -0.325. The van der Waals surface area contributed by atoms with Crippen LogP contribution in [-0.2, 0) is 4.79 Å². The third-order valence-corrected chi connectivity index (χ3v) is 2.88. The van der Waals surface area contributed by atoms with Crippen LogP contribution in [0.5, 0.6) is 5.75 Å². The lowest BCUT2D eigenvalue weighted by Gasteiger charge is -2.05. The van der Waals surface area contributed by atoms with Crippen molar-refractivity contribution in [1.82, 2.24) is 0 Å². The van der Waals surface area contributed by atoms with Crippen molar-refractivity contribution in [2.45, 2.75) is 6.92 Å². The highest BCUT2D eigenvalue weighted by molar-refractivity contribution is 7.14. The van der Waals surface area contributed by atoms with Gasteiger partial charge in [0.2, 0.25) is 0 Å². The standard InChI is InChI=1S/C12H12N2O2S/c1-8(15)16-9-6-12(17-7-9)14-11-5-3-2-4-10(11)13/h2-7,14H,13H2,1H3. The molecule has 0 fully saturated rings. The molecule has 3 N–H and O–H groups in total. The predicted octanol–water partition coefficient (Wildman–Crippen LogP) is 3.00. The molecule has 88 valence electrons. The minimum Gasteiger partial charge on any atom is -0.426 e. The maximum absolute atomic E-state index is 10.8. The summed E-state index contributed by atoms with van der Waals surface area (Å²) in [6, 6.07) is 9.25. The van der Waals surface area contributed by atoms with Crippen LogP contribution < -0.4 is 15.8 Å². The first-order chi connectivity index (χ1) is 8.15. The van der Waals surface area contributed by atoms with E-state index in [0.29, 0.717) is 11.4 Å². The van der Waals surface area contributed by atoms with E-state index in [1.165, 1.54) is 18.3 Å². The van der Waals surface area contributed by atoms with E-state index in [2.05, 4.69) is 5.32 Å². The Kier molecular flexibility index (Phi) is 3.30. The summed E-state index contributed by atoms with van der Waals surface area (Å²) in [5.41, 5.74) is 7.33. The molecule has 0 aliphatic rings. The molecule has 0 saturated carbocycles. The average molecular weight is 248 g/mol. The minimum absolute atomic E-state index is 0.325. The molecule has 2 rings (SSSR count). The Morgan fingerprint density at radius 2 is 2.18 bits per heavy atom. The van der Waals surface area contributed by atoms with Crippen molar-refractivity contribution in [1.29, 1.82) is 0 Å². The van der Waals surface area contributed by atoms with Gasteiger partial charge in [-0.15, -0.1) is 11.3 Å². The van der Waals surface area contributed by atoms with Gasteiger partial charge in [0.25, 0.3) is 0 Å². The zero-order chi connectivity index (χ0) is 12.3. The normalized spacial score (nSPS) is 9.94. The maximum Gasteiger partial charge on any atom is 0.308 e. The molecule has 0 saturated heterocycles. The Morgan fingerprint density at radius 3 is 2.88 bits per heavy atom. The number of para-hydroxylation sites is 2. The second-order valence-corrected chi connectivity index (χ2v) is 4.36. The molecular formula is C12H12N2O2S. The van der Waals surface area contributed by atoms with E-state index in [0.717, 1.165) is 10.7 Å². The van der Waals surface area contributed by atoms with Crippen LogP contribution in [0.15, 0.2) is 35.7 Å². The Bertz CT molecular complexity index is 537. The Hall–Kier alpha value is -2.01. The second kappa shape index (κ2) is 4.88. The van der Waals surface area contributed by atoms with Gasteiger partial charge in [-0.2, -0.15) is 0 Å². The Balaban J connectivity index is 2.12. The van der Waals surface area contributed by atoms with Crippen LogP contribution in [0.1, 0.15) is 6.92 Å². The van der Waals surface area contributed by atoms with Crippen molar-refractivity contribution >= 4 is 33.7 Å². The number of carbonyl (C=O) groups excluding carboxylic acids is 1. The van der Waals surface area contributed by atoms with Gasteiger partial charge in [0.05, 0.1) is 16.4 Å². The summed E-state index contributed by atoms with van der Waals surface area (Å²) in [5, 5.41) is 5.81. The quantitative estimate of drug-likeness (QED) is 0.647. The first-order valence-electron chi connectivity index (χ1n) is 5.03. The lowest BCUT2D eigenvalue weighted by molar-refractivity contribution is -0.131. The van der Waals surface area contributed by atoms with Crippen molar-refractivity contribution in [3.63, 3.8) is 0 Å². The van der Waals surface area contributed by atoms with Gasteiger partial charge in [0.15, 0.2) is 0 Å². The molecule has 1 aromatic carbocycles. The number of thiophene rings is 1. The molecule has 0 unspecified atom stereocenters. The van der Waals surface area contributed by atoms with Crippen LogP contribution in [0.2, 0.25) is 0 Å². The third kappa shape index (κ3) is 2.98. The first-order valence-corrected chi connectivity index (χ1v) is 5.91. The molecule has 0 aliphatic heterocycles. The van der Waals surface area contributed by atoms with E-state index in [9.17, 15) is 4.79 Å². The van der Waals surface area contributed by atoms with E-state index < -0.39 is 0 Å². The molecule has 17 heavy (non-hydrogen) atoms. The summed E-state index contributed by atoms with van der Waals surface area (Å²) in [5.74, 6) is 0.216. The van der Waals surface area contributed by atoms with E-state index in [1.54, 1.807) is 11.4 Å². The smallest absolute Gasteiger partial charge is 0.308 e. The molecule has 0 atom stereocenters. The largest absolute Gasteiger partial charge is 0.426 e. The topological polar surface area (TPSA) is 64.3 Å². The first kappa shape index (κ1) is 11.5. The molecular weight excluding hydrogens is 236 g/mol. The monoisotopic (exact) mass is 248 g/mol. The summed E-state index contributed by atoms with van der Waals surface area (Å²) in [6.07, 6.45) is 0. The van der Waals surface area contributed by atoms with Crippen molar-refractivity contribution in [2.75, 3.05) is 11.1 Å². The molecule has 0 bridgehead atoms. The van der Waals surface area contributed by atoms with E-state index >= 15 is 0 Å². The number of carbonyl (C=O) groups is 1. The highest BCUT2D eigenvalue weighted by atomic mass is 32.1. The van der Waals surface area contributed by atoms with E-state index in [1.807, 2.05) is 24.3 Å². The number of anilines is 3. The van der Waals surface area contributed by atoms with Gasteiger partial charge < -0.3 is 15.8 Å². The van der Waals surface area contributed by atoms with Crippen LogP contribution in [0.4, 0.5) is 16.4 Å². The lowest BCUT2D eigenvalue weighted by Crippen LogP contribution is -1.99. The fourth-order valence-electron chi connectivity index (χ4n) is 1.35. The highest BCUT2D eigenvalue weighted by Crippen LogP contribution is 2.31. The molecule has 0 aliphatic carbocycles. The molecule has 0 radical (unpaired) electrons. The summed E-state index contributed by atoms with van der Waals surface area (Å²) < 4.78 is 4.96. The SMILES string of the molecule is CC(=O)Oc1csc(Nc2ccccc2N)c1. The van der Waals surface area contributed by atoms with Gasteiger partial charge in [-0.05, 0) is 12.1 Å². The van der Waals surface area contributed by atoms with Crippen LogP contribution in [0, 0.1) is 0 Å². The summed E-state index contributed by atoms with van der Waals surface area (Å²) in [6.45, 7) is 1.37. The second-order valence-electron chi connectivity index (χ2n) is 3.45. The molecule has 0 spiro atoms. The van der Waals surface area contributed by atoms with Gasteiger partial charge in [0.1, 0.15) is 5.75 Å². The van der Waals surface area contributed by atoms with Crippen LogP contribution in [0.3, 0.4) is 0 Å². The number of ether oxygens (including phenoxy) is 1. The molecule has 0 amide bonds. The number of esters is 1. The van der Waals surface area contributed by atoms with Gasteiger partial charge in [-0.3, -0.25) is 4.79 Å². The number of nitrogens with one attached hydrogen (secondary N) is 1. The van der Waals surface area contributed by atoms with Gasteiger partial charge in [-0.25, -0.2) is 0 Å². The number of nitrogens with two attached hydrogens (primary N) is 1. The molecule has 4 nitrogen and oxygen atoms in total. The van der Waals surface area contributed by atoms with Crippen molar-refractivity contribution in [3.05, 3.63) is 35.7 Å². The number of benzene rings is 1. The summed E-state index contributed by atoms with van der Waals surface area (Å²) >= 11 is 1.45. The number of hydrogen-bond acceptors (Lipinski definition) is 5. The van der Waals surface area contributed by atoms with Crippen molar-refractivity contribution < 1.29 is 9.53 Å². The van der Waals surface area contributed by atoms with Crippen molar-refractivity contribution in [3.8, 4) is 5.75 Å². The van der Waals surface area contributed by atoms with Gasteiger partial charge in [-0.1, -0.05) is 12.1 Å². The zero-order valence-electron chi connectivity index (χ0n) is 9.27. The van der Waals surface area contributed by atoms with Gasteiger partial charge >= 0.3 is 5.97 Å². The highest BCUT2D eigenvalue weighted by Gasteiger charge is 2.04. The maximum atomic E-state index is 10.8. The molecule has 1 aromatic heterocycles. The number of rotatable bonds is 3. The number of hydrogen-bond donors (Lipinski definition) is 2. The van der Waals surface area contributed by atoms with Crippen LogP contribution in [0.25, 0.3) is 0 Å². The predicted molar refractivity (Wildman–Crippen MR) is 69.8 cm³/mol. The summed E-state index contributed by atoms with van der Waals surface area (Å²) in [7, 11) is 0. The fraction of sp³-hybridized carbons (Fsp3) is 0.0833. The molecule has 1 heterocycles. The van der Waals surface area contributed by atoms with E-state index in [-0.39, 0.29) is 5.97 Å². The third-order valence-electron chi connectivity index (χ3n) is 2.06. The fourth-order valence-corrected chi connectivity index (χ4v) is 2.06. The molecule has 2 aromatic rings. The van der Waals surface area contributed by atoms with Gasteiger partial charge in [0, 0.05) is 18.4 Å². The Morgan fingerprint density at radius 1 is 1.41 bits per heavy atom.